The van der Waals surface area contributed by atoms with Crippen LogP contribution >= 0.6 is 11.6 Å². The molecule has 0 spiro atoms. The van der Waals surface area contributed by atoms with Crippen molar-refractivity contribution in [2.75, 3.05) is 26.4 Å². The lowest BCUT2D eigenvalue weighted by molar-refractivity contribution is 0.479. The highest BCUT2D eigenvalue weighted by molar-refractivity contribution is 7.85. The van der Waals surface area contributed by atoms with Crippen molar-refractivity contribution in [3.8, 4) is 0 Å². The van der Waals surface area contributed by atoms with Crippen LogP contribution in [0.4, 0.5) is 0 Å². The van der Waals surface area contributed by atoms with Crippen molar-refractivity contribution in [3.63, 3.8) is 0 Å². The van der Waals surface area contributed by atoms with Crippen molar-refractivity contribution < 1.29 is 4.21 Å². The van der Waals surface area contributed by atoms with Crippen LogP contribution in [-0.4, -0.2) is 41.5 Å². The molecule has 1 unspecified atom stereocenters. The van der Waals surface area contributed by atoms with Gasteiger partial charge in [0.2, 0.25) is 0 Å². The number of rotatable bonds is 6. The lowest BCUT2D eigenvalue weighted by atomic mass is 10.2. The Morgan fingerprint density at radius 3 is 2.62 bits per heavy atom. The van der Waals surface area contributed by atoms with Crippen LogP contribution in [0, 0.1) is 0 Å². The van der Waals surface area contributed by atoms with Crippen LogP contribution in [0.25, 0.3) is 0 Å². The first-order valence-electron chi connectivity index (χ1n) is 7.70. The monoisotopic (exact) mass is 363 g/mol. The third-order valence-electron chi connectivity index (χ3n) is 3.46. The van der Waals surface area contributed by atoms with Gasteiger partial charge in [-0.2, -0.15) is 0 Å². The second kappa shape index (κ2) is 9.45. The van der Waals surface area contributed by atoms with E-state index in [1.165, 1.54) is 0 Å². The molecule has 0 radical (unpaired) electrons. The van der Waals surface area contributed by atoms with Crippen molar-refractivity contribution in [2.24, 2.45) is 4.99 Å². The van der Waals surface area contributed by atoms with Gasteiger partial charge in [0.15, 0.2) is 5.96 Å². The summed E-state index contributed by atoms with van der Waals surface area (Å²) in [6.45, 7) is 1.29. The Kier molecular flexibility index (Phi) is 7.28. The van der Waals surface area contributed by atoms with E-state index in [-0.39, 0.29) is 0 Å². The van der Waals surface area contributed by atoms with E-state index in [0.717, 1.165) is 21.4 Å². The first kappa shape index (κ1) is 18.5. The maximum absolute atomic E-state index is 12.2. The third kappa shape index (κ3) is 5.65. The molecule has 1 atom stereocenters. The number of benzene rings is 2. The minimum absolute atomic E-state index is 0.536. The summed E-state index contributed by atoms with van der Waals surface area (Å²) in [4.78, 5) is 7.14. The molecule has 0 aliphatic heterocycles. The molecule has 128 valence electrons. The molecule has 2 aromatic carbocycles. The van der Waals surface area contributed by atoms with Crippen molar-refractivity contribution >= 4 is 28.4 Å². The van der Waals surface area contributed by atoms with Gasteiger partial charge in [0, 0.05) is 42.9 Å². The molecule has 6 heteroatoms. The minimum atomic E-state index is -1.01. The molecule has 0 saturated heterocycles. The van der Waals surface area contributed by atoms with Gasteiger partial charge in [0.1, 0.15) is 0 Å². The standard InChI is InChI=1S/C18H22ClN3OS/c1-20-18(22(2)14-15-7-6-8-16(19)13-15)21-11-12-24(23)17-9-4-3-5-10-17/h3-10,13H,11-12,14H2,1-2H3,(H,20,21). The van der Waals surface area contributed by atoms with Crippen LogP contribution in [0.15, 0.2) is 64.5 Å². The smallest absolute Gasteiger partial charge is 0.193 e. The van der Waals surface area contributed by atoms with Crippen molar-refractivity contribution in [3.05, 3.63) is 65.2 Å². The number of aliphatic imine (C=N–C) groups is 1. The Hall–Kier alpha value is -1.85. The van der Waals surface area contributed by atoms with E-state index in [0.29, 0.717) is 18.8 Å². The van der Waals surface area contributed by atoms with Gasteiger partial charge in [-0.05, 0) is 29.8 Å². The van der Waals surface area contributed by atoms with Crippen LogP contribution in [0.5, 0.6) is 0 Å². The third-order valence-corrected chi connectivity index (χ3v) is 5.07. The SMILES string of the molecule is CN=C(NCCS(=O)c1ccccc1)N(C)Cc1cccc(Cl)c1. The number of guanidine groups is 1. The molecule has 0 aliphatic carbocycles. The maximum Gasteiger partial charge on any atom is 0.193 e. The average Bonchev–Trinajstić information content (AvgIpc) is 2.59. The van der Waals surface area contributed by atoms with E-state index in [1.807, 2.05) is 66.5 Å². The van der Waals surface area contributed by atoms with Gasteiger partial charge in [0.25, 0.3) is 0 Å². The highest BCUT2D eigenvalue weighted by atomic mass is 35.5. The van der Waals surface area contributed by atoms with E-state index in [9.17, 15) is 4.21 Å². The summed E-state index contributed by atoms with van der Waals surface area (Å²) in [6, 6.07) is 17.3. The summed E-state index contributed by atoms with van der Waals surface area (Å²) in [6.07, 6.45) is 0. The summed E-state index contributed by atoms with van der Waals surface area (Å²) in [5, 5.41) is 3.98. The van der Waals surface area contributed by atoms with Gasteiger partial charge in [0.05, 0.1) is 10.8 Å². The molecule has 0 amide bonds. The first-order valence-corrected chi connectivity index (χ1v) is 9.39. The molecule has 0 fully saturated rings. The fourth-order valence-corrected chi connectivity index (χ4v) is 3.51. The van der Waals surface area contributed by atoms with E-state index in [1.54, 1.807) is 7.05 Å². The summed E-state index contributed by atoms with van der Waals surface area (Å²) in [7, 11) is 2.69. The van der Waals surface area contributed by atoms with Crippen LogP contribution in [-0.2, 0) is 17.3 Å². The van der Waals surface area contributed by atoms with Crippen LogP contribution in [0.1, 0.15) is 5.56 Å². The molecule has 1 N–H and O–H groups in total. The molecule has 0 aliphatic rings. The normalized spacial score (nSPS) is 12.7. The summed E-state index contributed by atoms with van der Waals surface area (Å²) < 4.78 is 12.2. The van der Waals surface area contributed by atoms with Gasteiger partial charge in [-0.15, -0.1) is 0 Å². The number of nitrogens with zero attached hydrogens (tertiary/aromatic N) is 2. The molecule has 24 heavy (non-hydrogen) atoms. The molecule has 0 aromatic heterocycles. The second-order valence-electron chi connectivity index (χ2n) is 5.32. The summed E-state index contributed by atoms with van der Waals surface area (Å²) in [5.41, 5.74) is 1.11. The predicted molar refractivity (Wildman–Crippen MR) is 102 cm³/mol. The number of hydrogen-bond donors (Lipinski definition) is 1. The Balaban J connectivity index is 1.84. The zero-order valence-electron chi connectivity index (χ0n) is 13.9. The van der Waals surface area contributed by atoms with Gasteiger partial charge in [-0.3, -0.25) is 9.20 Å². The van der Waals surface area contributed by atoms with Gasteiger partial charge < -0.3 is 10.2 Å². The Morgan fingerprint density at radius 1 is 1.21 bits per heavy atom. The van der Waals surface area contributed by atoms with E-state index < -0.39 is 10.8 Å². The maximum atomic E-state index is 12.2. The van der Waals surface area contributed by atoms with Gasteiger partial charge >= 0.3 is 0 Å². The van der Waals surface area contributed by atoms with Crippen LogP contribution in [0.3, 0.4) is 0 Å². The van der Waals surface area contributed by atoms with Crippen LogP contribution < -0.4 is 5.32 Å². The first-order chi connectivity index (χ1) is 11.6. The number of nitrogens with one attached hydrogen (secondary N) is 1. The Morgan fingerprint density at radius 2 is 1.96 bits per heavy atom. The highest BCUT2D eigenvalue weighted by Crippen LogP contribution is 2.12. The number of hydrogen-bond acceptors (Lipinski definition) is 2. The van der Waals surface area contributed by atoms with E-state index >= 15 is 0 Å². The fraction of sp³-hybridized carbons (Fsp3) is 0.278. The largest absolute Gasteiger partial charge is 0.355 e. The molecule has 2 rings (SSSR count). The zero-order chi connectivity index (χ0) is 17.4. The van der Waals surface area contributed by atoms with E-state index in [2.05, 4.69) is 10.3 Å². The Bertz CT molecular complexity index is 706. The predicted octanol–water partition coefficient (Wildman–Crippen LogP) is 3.16. The number of halogens is 1. The molecule has 0 bridgehead atoms. The second-order valence-corrected chi connectivity index (χ2v) is 7.33. The van der Waals surface area contributed by atoms with Crippen molar-refractivity contribution in [1.29, 1.82) is 0 Å². The Labute approximate surface area is 151 Å². The quantitative estimate of drug-likeness (QED) is 0.633. The molecule has 2 aromatic rings. The molecule has 4 nitrogen and oxygen atoms in total. The minimum Gasteiger partial charge on any atom is -0.355 e. The lowest BCUT2D eigenvalue weighted by Gasteiger charge is -2.22. The molecule has 0 saturated carbocycles. The van der Waals surface area contributed by atoms with Crippen molar-refractivity contribution in [2.45, 2.75) is 11.4 Å². The fourth-order valence-electron chi connectivity index (χ4n) is 2.31. The highest BCUT2D eigenvalue weighted by Gasteiger charge is 2.08. The summed E-state index contributed by atoms with van der Waals surface area (Å²) >= 11 is 6.02. The van der Waals surface area contributed by atoms with Crippen LogP contribution in [0.2, 0.25) is 5.02 Å². The summed E-state index contributed by atoms with van der Waals surface area (Å²) in [5.74, 6) is 1.30. The molecular weight excluding hydrogens is 342 g/mol. The molecule has 0 heterocycles. The van der Waals surface area contributed by atoms with Gasteiger partial charge in [-0.25, -0.2) is 0 Å². The van der Waals surface area contributed by atoms with Gasteiger partial charge in [-0.1, -0.05) is 41.9 Å². The zero-order valence-corrected chi connectivity index (χ0v) is 15.5. The topological polar surface area (TPSA) is 44.7 Å². The van der Waals surface area contributed by atoms with Crippen molar-refractivity contribution in [1.82, 2.24) is 10.2 Å². The van der Waals surface area contributed by atoms with E-state index in [4.69, 9.17) is 11.6 Å². The lowest BCUT2D eigenvalue weighted by Crippen LogP contribution is -2.40. The average molecular weight is 364 g/mol. The molecular formula is C18H22ClN3OS.